The lowest BCUT2D eigenvalue weighted by atomic mass is 9.94. The number of methoxy groups -OCH3 is 1. The first-order valence-electron chi connectivity index (χ1n) is 10.0. The third-order valence-electron chi connectivity index (χ3n) is 5.49. The number of nitrogens with one attached hydrogen (secondary N) is 1. The number of hydrogen-bond donors (Lipinski definition) is 1. The van der Waals surface area contributed by atoms with Crippen molar-refractivity contribution >= 4 is 11.9 Å². The van der Waals surface area contributed by atoms with Crippen molar-refractivity contribution in [3.05, 3.63) is 64.7 Å². The number of amides is 1. The van der Waals surface area contributed by atoms with Crippen LogP contribution in [0.2, 0.25) is 0 Å². The van der Waals surface area contributed by atoms with E-state index in [0.29, 0.717) is 12.1 Å². The molecule has 2 aromatic rings. The summed E-state index contributed by atoms with van der Waals surface area (Å²) < 4.78 is 11.2. The van der Waals surface area contributed by atoms with E-state index in [4.69, 9.17) is 9.47 Å². The predicted molar refractivity (Wildman–Crippen MR) is 111 cm³/mol. The van der Waals surface area contributed by atoms with Crippen molar-refractivity contribution in [2.45, 2.75) is 38.7 Å². The number of allylic oxidation sites excluding steroid dienone is 1. The highest BCUT2D eigenvalue weighted by atomic mass is 16.5. The third kappa shape index (κ3) is 3.90. The SMILES string of the molecule is COC(=O)c1ccccc1-c1cc(C)cc2c1O[C@@H](CNC(=O)C1=CCCC1)C2. The number of hydrogen-bond acceptors (Lipinski definition) is 4. The molecule has 0 spiro atoms. The quantitative estimate of drug-likeness (QED) is 0.783. The number of aryl methyl sites for hydroxylation is 1. The summed E-state index contributed by atoms with van der Waals surface area (Å²) in [5.74, 6) is 0.420. The Hall–Kier alpha value is -3.08. The van der Waals surface area contributed by atoms with Crippen molar-refractivity contribution in [3.8, 4) is 16.9 Å². The molecule has 0 unspecified atom stereocenters. The summed E-state index contributed by atoms with van der Waals surface area (Å²) >= 11 is 0. The monoisotopic (exact) mass is 391 g/mol. The Bertz CT molecular complexity index is 992. The molecule has 1 aliphatic carbocycles. The van der Waals surface area contributed by atoms with Crippen molar-refractivity contribution < 1.29 is 19.1 Å². The van der Waals surface area contributed by atoms with E-state index in [1.54, 1.807) is 6.07 Å². The maximum atomic E-state index is 12.3. The van der Waals surface area contributed by atoms with Gasteiger partial charge in [-0.05, 0) is 55.0 Å². The topological polar surface area (TPSA) is 64.6 Å². The average molecular weight is 391 g/mol. The standard InChI is InChI=1S/C24H25NO4/c1-15-11-17-13-18(14-25-23(26)16-7-3-4-8-16)29-22(17)21(12-15)19-9-5-6-10-20(19)24(27)28-2/h5-7,9-12,18H,3-4,8,13-14H2,1-2H3,(H,25,26)/t18-/m1/s1. The van der Waals surface area contributed by atoms with Crippen LogP contribution in [-0.2, 0) is 16.0 Å². The molecule has 1 heterocycles. The molecule has 4 rings (SSSR count). The van der Waals surface area contributed by atoms with Crippen LogP contribution in [0.3, 0.4) is 0 Å². The fourth-order valence-corrected chi connectivity index (χ4v) is 4.11. The van der Waals surface area contributed by atoms with Gasteiger partial charge < -0.3 is 14.8 Å². The molecule has 0 bridgehead atoms. The molecule has 29 heavy (non-hydrogen) atoms. The molecule has 1 aliphatic heterocycles. The van der Waals surface area contributed by atoms with E-state index < -0.39 is 0 Å². The lowest BCUT2D eigenvalue weighted by Crippen LogP contribution is -2.35. The number of carbonyl (C=O) groups is 2. The van der Waals surface area contributed by atoms with Crippen LogP contribution in [0.1, 0.15) is 40.7 Å². The summed E-state index contributed by atoms with van der Waals surface area (Å²) in [5.41, 5.74) is 5.26. The smallest absolute Gasteiger partial charge is 0.338 e. The average Bonchev–Trinajstić information content (AvgIpc) is 3.40. The Morgan fingerprint density at radius 1 is 1.21 bits per heavy atom. The van der Waals surface area contributed by atoms with Crippen LogP contribution in [0.4, 0.5) is 0 Å². The molecule has 0 saturated carbocycles. The molecule has 1 amide bonds. The van der Waals surface area contributed by atoms with Crippen LogP contribution < -0.4 is 10.1 Å². The van der Waals surface area contributed by atoms with Crippen molar-refractivity contribution in [2.24, 2.45) is 0 Å². The molecular weight excluding hydrogens is 366 g/mol. The van der Waals surface area contributed by atoms with E-state index in [1.165, 1.54) is 7.11 Å². The van der Waals surface area contributed by atoms with Gasteiger partial charge in [0.2, 0.25) is 5.91 Å². The van der Waals surface area contributed by atoms with Gasteiger partial charge in [-0.1, -0.05) is 30.3 Å². The summed E-state index contributed by atoms with van der Waals surface area (Å²) in [6.07, 6.45) is 5.51. The Kier molecular flexibility index (Phi) is 5.38. The van der Waals surface area contributed by atoms with Crippen molar-refractivity contribution in [1.29, 1.82) is 0 Å². The third-order valence-corrected chi connectivity index (χ3v) is 5.49. The predicted octanol–water partition coefficient (Wildman–Crippen LogP) is 3.98. The number of ether oxygens (including phenoxy) is 2. The highest BCUT2D eigenvalue weighted by molar-refractivity contribution is 5.98. The molecule has 2 aromatic carbocycles. The van der Waals surface area contributed by atoms with Gasteiger partial charge in [0.15, 0.2) is 0 Å². The fraction of sp³-hybridized carbons (Fsp3) is 0.333. The maximum Gasteiger partial charge on any atom is 0.338 e. The largest absolute Gasteiger partial charge is 0.487 e. The van der Waals surface area contributed by atoms with Crippen LogP contribution in [-0.4, -0.2) is 31.6 Å². The van der Waals surface area contributed by atoms with E-state index in [-0.39, 0.29) is 18.0 Å². The second kappa shape index (κ2) is 8.11. The van der Waals surface area contributed by atoms with Crippen LogP contribution >= 0.6 is 0 Å². The number of carbonyl (C=O) groups excluding carboxylic acids is 2. The normalized spacial score (nSPS) is 17.3. The molecule has 5 nitrogen and oxygen atoms in total. The zero-order valence-electron chi connectivity index (χ0n) is 16.8. The number of esters is 1. The van der Waals surface area contributed by atoms with E-state index >= 15 is 0 Å². The van der Waals surface area contributed by atoms with E-state index in [0.717, 1.165) is 59.3 Å². The molecule has 0 fully saturated rings. The Balaban J connectivity index is 1.58. The second-order valence-electron chi connectivity index (χ2n) is 7.61. The molecule has 1 N–H and O–H groups in total. The van der Waals surface area contributed by atoms with E-state index in [9.17, 15) is 9.59 Å². The van der Waals surface area contributed by atoms with Gasteiger partial charge in [0, 0.05) is 17.6 Å². The highest BCUT2D eigenvalue weighted by Crippen LogP contribution is 2.41. The first kappa shape index (κ1) is 19.2. The van der Waals surface area contributed by atoms with Crippen LogP contribution in [0.15, 0.2) is 48.0 Å². The molecule has 0 saturated heterocycles. The van der Waals surface area contributed by atoms with Gasteiger partial charge in [0.25, 0.3) is 0 Å². The van der Waals surface area contributed by atoms with Crippen LogP contribution in [0, 0.1) is 6.92 Å². The Morgan fingerprint density at radius 2 is 2.03 bits per heavy atom. The van der Waals surface area contributed by atoms with E-state index in [1.807, 2.05) is 37.3 Å². The van der Waals surface area contributed by atoms with Crippen molar-refractivity contribution in [2.75, 3.05) is 13.7 Å². The first-order chi connectivity index (χ1) is 14.1. The van der Waals surface area contributed by atoms with Gasteiger partial charge in [0.05, 0.1) is 19.2 Å². The van der Waals surface area contributed by atoms with Gasteiger partial charge in [-0.3, -0.25) is 4.79 Å². The van der Waals surface area contributed by atoms with Crippen LogP contribution in [0.25, 0.3) is 11.1 Å². The van der Waals surface area contributed by atoms with Gasteiger partial charge in [-0.25, -0.2) is 4.79 Å². The molecule has 5 heteroatoms. The number of rotatable bonds is 5. The maximum absolute atomic E-state index is 12.3. The highest BCUT2D eigenvalue weighted by Gasteiger charge is 2.28. The lowest BCUT2D eigenvalue weighted by Gasteiger charge is -2.15. The van der Waals surface area contributed by atoms with E-state index in [2.05, 4.69) is 11.4 Å². The van der Waals surface area contributed by atoms with Gasteiger partial charge in [0.1, 0.15) is 11.9 Å². The molecule has 0 aromatic heterocycles. The second-order valence-corrected chi connectivity index (χ2v) is 7.61. The van der Waals surface area contributed by atoms with Gasteiger partial charge in [-0.15, -0.1) is 0 Å². The fourth-order valence-electron chi connectivity index (χ4n) is 4.11. The molecule has 2 aliphatic rings. The molecular formula is C24H25NO4. The number of benzene rings is 2. The summed E-state index contributed by atoms with van der Waals surface area (Å²) in [7, 11) is 1.38. The van der Waals surface area contributed by atoms with Gasteiger partial charge in [-0.2, -0.15) is 0 Å². The van der Waals surface area contributed by atoms with Crippen molar-refractivity contribution in [3.63, 3.8) is 0 Å². The minimum Gasteiger partial charge on any atom is -0.487 e. The van der Waals surface area contributed by atoms with Crippen molar-refractivity contribution in [1.82, 2.24) is 5.32 Å². The summed E-state index contributed by atoms with van der Waals surface area (Å²) in [6.45, 7) is 2.49. The number of fused-ring (bicyclic) bond motifs is 1. The molecule has 150 valence electrons. The molecule has 1 atom stereocenters. The Morgan fingerprint density at radius 3 is 2.79 bits per heavy atom. The summed E-state index contributed by atoms with van der Waals surface area (Å²) in [4.78, 5) is 24.5. The minimum atomic E-state index is -0.373. The minimum absolute atomic E-state index is 0.00879. The summed E-state index contributed by atoms with van der Waals surface area (Å²) in [6, 6.07) is 11.5. The first-order valence-corrected chi connectivity index (χ1v) is 10.0. The zero-order chi connectivity index (χ0) is 20.4. The van der Waals surface area contributed by atoms with Gasteiger partial charge >= 0.3 is 5.97 Å². The Labute approximate surface area is 170 Å². The molecule has 0 radical (unpaired) electrons. The summed E-state index contributed by atoms with van der Waals surface area (Å²) in [5, 5.41) is 3.01. The zero-order valence-corrected chi connectivity index (χ0v) is 16.8. The van der Waals surface area contributed by atoms with Crippen LogP contribution in [0.5, 0.6) is 5.75 Å². The lowest BCUT2D eigenvalue weighted by molar-refractivity contribution is -0.117.